The number of rotatable bonds is 5. The van der Waals surface area contributed by atoms with E-state index in [0.717, 1.165) is 0 Å². The molecule has 1 aromatic rings. The van der Waals surface area contributed by atoms with Crippen molar-refractivity contribution in [2.45, 2.75) is 19.1 Å². The molecule has 0 saturated carbocycles. The zero-order valence-electron chi connectivity index (χ0n) is 10.6. The first kappa shape index (κ1) is 15.0. The first-order valence-electron chi connectivity index (χ1n) is 5.59. The van der Waals surface area contributed by atoms with Gasteiger partial charge in [0.05, 0.1) is 18.2 Å². The summed E-state index contributed by atoms with van der Waals surface area (Å²) < 4.78 is 30.3. The number of sulfonamides is 1. The number of carbonyl (C=O) groups is 1. The van der Waals surface area contributed by atoms with Crippen molar-refractivity contribution in [1.29, 1.82) is 5.26 Å². The maximum atomic E-state index is 11.6. The molecule has 0 saturated heterocycles. The van der Waals surface area contributed by atoms with Crippen LogP contribution >= 0.6 is 0 Å². The van der Waals surface area contributed by atoms with Gasteiger partial charge in [-0.1, -0.05) is 0 Å². The Morgan fingerprint density at radius 2 is 2.00 bits per heavy atom. The van der Waals surface area contributed by atoms with Gasteiger partial charge in [-0.2, -0.15) is 5.26 Å². The second-order valence-electron chi connectivity index (χ2n) is 3.72. The van der Waals surface area contributed by atoms with Crippen molar-refractivity contribution in [3.8, 4) is 6.07 Å². The smallest absolute Gasteiger partial charge is 0.338 e. The zero-order valence-corrected chi connectivity index (χ0v) is 11.4. The molecule has 0 fully saturated rings. The van der Waals surface area contributed by atoms with Crippen LogP contribution in [0.1, 0.15) is 24.2 Å². The van der Waals surface area contributed by atoms with Crippen LogP contribution in [0.5, 0.6) is 0 Å². The zero-order chi connectivity index (χ0) is 14.5. The predicted octanol–water partition coefficient (Wildman–Crippen LogP) is 1.52. The van der Waals surface area contributed by atoms with Crippen molar-refractivity contribution < 1.29 is 17.9 Å². The van der Waals surface area contributed by atoms with E-state index in [1.54, 1.807) is 13.0 Å². The highest BCUT2D eigenvalue weighted by molar-refractivity contribution is 7.93. The average molecular weight is 282 g/mol. The summed E-state index contributed by atoms with van der Waals surface area (Å²) in [5, 5.41) is 7.44. The Kier molecular flexibility index (Phi) is 4.89. The van der Waals surface area contributed by atoms with E-state index in [2.05, 4.69) is 4.72 Å². The van der Waals surface area contributed by atoms with Gasteiger partial charge in [0.1, 0.15) is 0 Å². The molecule has 1 aromatic carbocycles. The van der Waals surface area contributed by atoms with Crippen LogP contribution in [0.4, 0.5) is 5.69 Å². The standard InChI is InChI=1S/C12H14N2O4S/c1-3-18-12(15)10-4-6-11(7-5-10)14-19(16,17)9(2)8-13/h4-7,9,14H,3H2,1-2H3. The van der Waals surface area contributed by atoms with Crippen LogP contribution in [0.15, 0.2) is 24.3 Å². The number of benzene rings is 1. The molecular weight excluding hydrogens is 268 g/mol. The van der Waals surface area contributed by atoms with Crippen molar-refractivity contribution in [2.24, 2.45) is 0 Å². The molecule has 6 nitrogen and oxygen atoms in total. The third kappa shape index (κ3) is 3.96. The number of hydrogen-bond donors (Lipinski definition) is 1. The maximum Gasteiger partial charge on any atom is 0.338 e. The van der Waals surface area contributed by atoms with E-state index < -0.39 is 21.2 Å². The van der Waals surface area contributed by atoms with E-state index in [1.807, 2.05) is 0 Å². The fourth-order valence-electron chi connectivity index (χ4n) is 1.21. The van der Waals surface area contributed by atoms with Gasteiger partial charge in [0.15, 0.2) is 5.25 Å². The van der Waals surface area contributed by atoms with Crippen molar-refractivity contribution in [2.75, 3.05) is 11.3 Å². The molecule has 102 valence electrons. The van der Waals surface area contributed by atoms with E-state index in [1.165, 1.54) is 31.2 Å². The molecule has 0 bridgehead atoms. The minimum absolute atomic E-state index is 0.271. The van der Waals surface area contributed by atoms with E-state index >= 15 is 0 Å². The summed E-state index contributed by atoms with van der Waals surface area (Å²) in [6, 6.07) is 7.43. The van der Waals surface area contributed by atoms with Crippen LogP contribution < -0.4 is 4.72 Å². The number of carbonyl (C=O) groups excluding carboxylic acids is 1. The van der Waals surface area contributed by atoms with Crippen molar-refractivity contribution >= 4 is 21.7 Å². The number of nitriles is 1. The largest absolute Gasteiger partial charge is 0.462 e. The van der Waals surface area contributed by atoms with Gasteiger partial charge in [0, 0.05) is 5.69 Å². The Bertz CT molecular complexity index is 587. The molecular formula is C12H14N2O4S. The molecule has 7 heteroatoms. The van der Waals surface area contributed by atoms with Gasteiger partial charge in [-0.3, -0.25) is 4.72 Å². The van der Waals surface area contributed by atoms with Crippen LogP contribution in [0.2, 0.25) is 0 Å². The van der Waals surface area contributed by atoms with Gasteiger partial charge in [0.25, 0.3) is 0 Å². The minimum atomic E-state index is -3.73. The number of ether oxygens (including phenoxy) is 1. The quantitative estimate of drug-likeness (QED) is 0.826. The second kappa shape index (κ2) is 6.20. The second-order valence-corrected chi connectivity index (χ2v) is 5.72. The molecule has 1 atom stereocenters. The Balaban J connectivity index is 2.84. The molecule has 0 spiro atoms. The molecule has 1 unspecified atom stereocenters. The molecule has 1 N–H and O–H groups in total. The first-order valence-corrected chi connectivity index (χ1v) is 7.13. The summed E-state index contributed by atoms with van der Waals surface area (Å²) >= 11 is 0. The van der Waals surface area contributed by atoms with Gasteiger partial charge >= 0.3 is 5.97 Å². The number of nitrogens with one attached hydrogen (secondary N) is 1. The molecule has 0 amide bonds. The lowest BCUT2D eigenvalue weighted by Gasteiger charge is -2.09. The van der Waals surface area contributed by atoms with Crippen LogP contribution in [0, 0.1) is 11.3 Å². The summed E-state index contributed by atoms with van der Waals surface area (Å²) in [4.78, 5) is 11.4. The van der Waals surface area contributed by atoms with E-state index in [-0.39, 0.29) is 12.3 Å². The topological polar surface area (TPSA) is 96.3 Å². The lowest BCUT2D eigenvalue weighted by molar-refractivity contribution is 0.0526. The summed E-state index contributed by atoms with van der Waals surface area (Å²) in [5.41, 5.74) is 0.619. The SMILES string of the molecule is CCOC(=O)c1ccc(NS(=O)(=O)C(C)C#N)cc1. The third-order valence-corrected chi connectivity index (χ3v) is 3.86. The Morgan fingerprint density at radius 3 is 2.47 bits per heavy atom. The summed E-state index contributed by atoms with van der Waals surface area (Å²) in [5.74, 6) is -0.470. The summed E-state index contributed by atoms with van der Waals surface area (Å²) in [6.07, 6.45) is 0. The number of esters is 1. The van der Waals surface area contributed by atoms with Crippen LogP contribution in [0.3, 0.4) is 0 Å². The van der Waals surface area contributed by atoms with E-state index in [4.69, 9.17) is 10.00 Å². The highest BCUT2D eigenvalue weighted by Crippen LogP contribution is 2.14. The molecule has 1 rings (SSSR count). The lowest BCUT2D eigenvalue weighted by Crippen LogP contribution is -2.23. The molecule has 0 aromatic heterocycles. The fourth-order valence-corrected chi connectivity index (χ4v) is 1.99. The Labute approximate surface area is 112 Å². The van der Waals surface area contributed by atoms with Gasteiger partial charge < -0.3 is 4.74 Å². The van der Waals surface area contributed by atoms with E-state index in [9.17, 15) is 13.2 Å². The predicted molar refractivity (Wildman–Crippen MR) is 70.0 cm³/mol. The van der Waals surface area contributed by atoms with Crippen LogP contribution in [-0.2, 0) is 14.8 Å². The summed E-state index contributed by atoms with van der Waals surface area (Å²) in [7, 11) is -3.73. The molecule has 0 aliphatic heterocycles. The molecule has 0 aliphatic rings. The van der Waals surface area contributed by atoms with Gasteiger partial charge in [-0.25, -0.2) is 13.2 Å². The molecule has 0 heterocycles. The number of hydrogen-bond acceptors (Lipinski definition) is 5. The normalized spacial score (nSPS) is 12.3. The highest BCUT2D eigenvalue weighted by Gasteiger charge is 2.20. The summed E-state index contributed by atoms with van der Waals surface area (Å²) in [6.45, 7) is 3.26. The lowest BCUT2D eigenvalue weighted by atomic mass is 10.2. The van der Waals surface area contributed by atoms with Gasteiger partial charge in [-0.15, -0.1) is 0 Å². The van der Waals surface area contributed by atoms with Crippen molar-refractivity contribution in [1.82, 2.24) is 0 Å². The Hall–Kier alpha value is -2.07. The fraction of sp³-hybridized carbons (Fsp3) is 0.333. The number of anilines is 1. The Morgan fingerprint density at radius 1 is 1.42 bits per heavy atom. The minimum Gasteiger partial charge on any atom is -0.462 e. The number of nitrogens with zero attached hydrogens (tertiary/aromatic N) is 1. The highest BCUT2D eigenvalue weighted by atomic mass is 32.2. The van der Waals surface area contributed by atoms with Crippen LogP contribution in [-0.4, -0.2) is 26.2 Å². The van der Waals surface area contributed by atoms with Crippen molar-refractivity contribution in [3.63, 3.8) is 0 Å². The first-order chi connectivity index (χ1) is 8.90. The average Bonchev–Trinajstić information content (AvgIpc) is 2.38. The molecule has 19 heavy (non-hydrogen) atoms. The van der Waals surface area contributed by atoms with E-state index in [0.29, 0.717) is 5.56 Å². The monoisotopic (exact) mass is 282 g/mol. The maximum absolute atomic E-state index is 11.6. The molecule has 0 aliphatic carbocycles. The van der Waals surface area contributed by atoms with Gasteiger partial charge in [0.2, 0.25) is 10.0 Å². The van der Waals surface area contributed by atoms with Crippen LogP contribution in [0.25, 0.3) is 0 Å². The molecule has 0 radical (unpaired) electrons. The van der Waals surface area contributed by atoms with Crippen molar-refractivity contribution in [3.05, 3.63) is 29.8 Å². The third-order valence-electron chi connectivity index (χ3n) is 2.30. The van der Waals surface area contributed by atoms with Gasteiger partial charge in [-0.05, 0) is 38.1 Å².